The zero-order valence-corrected chi connectivity index (χ0v) is 11.5. The van der Waals surface area contributed by atoms with Crippen LogP contribution in [0.1, 0.15) is 25.6 Å². The smallest absolute Gasteiger partial charge is 0.122 e. The molecule has 2 heterocycles. The molecule has 1 aliphatic rings. The first-order chi connectivity index (χ1) is 7.81. The third-order valence-electron chi connectivity index (χ3n) is 3.33. The number of halogens is 1. The van der Waals surface area contributed by atoms with Crippen molar-refractivity contribution >= 4 is 12.4 Å². The molecule has 1 aromatic heterocycles. The zero-order valence-electron chi connectivity index (χ0n) is 10.7. The van der Waals surface area contributed by atoms with Gasteiger partial charge in [0.1, 0.15) is 5.82 Å². The number of nitrogens with one attached hydrogen (secondary N) is 1. The first-order valence-corrected chi connectivity index (χ1v) is 6.22. The molecule has 0 spiro atoms. The van der Waals surface area contributed by atoms with E-state index in [9.17, 15) is 0 Å². The minimum absolute atomic E-state index is 0. The third kappa shape index (κ3) is 3.69. The van der Waals surface area contributed by atoms with Gasteiger partial charge in [0, 0.05) is 32.0 Å². The predicted molar refractivity (Wildman–Crippen MR) is 72.4 cm³/mol. The Morgan fingerprint density at radius 3 is 2.94 bits per heavy atom. The molecule has 1 aliphatic heterocycles. The number of nitrogens with zero attached hydrogens (tertiary/aromatic N) is 3. The highest BCUT2D eigenvalue weighted by Crippen LogP contribution is 2.12. The molecule has 1 saturated heterocycles. The lowest BCUT2D eigenvalue weighted by Crippen LogP contribution is -2.37. The molecule has 0 saturated carbocycles. The van der Waals surface area contributed by atoms with Crippen LogP contribution in [0.5, 0.6) is 0 Å². The number of rotatable bonds is 5. The van der Waals surface area contributed by atoms with Crippen molar-refractivity contribution in [3.05, 3.63) is 18.2 Å². The first kappa shape index (κ1) is 14.5. The lowest BCUT2D eigenvalue weighted by molar-refractivity contribution is 0.193. The molecule has 1 aromatic rings. The molecule has 1 N–H and O–H groups in total. The van der Waals surface area contributed by atoms with Gasteiger partial charge in [0.15, 0.2) is 0 Å². The second kappa shape index (κ2) is 6.99. The summed E-state index contributed by atoms with van der Waals surface area (Å²) in [5.41, 5.74) is 0. The highest BCUT2D eigenvalue weighted by atomic mass is 35.5. The number of hydrogen-bond acceptors (Lipinski definition) is 3. The van der Waals surface area contributed by atoms with Crippen LogP contribution in [0.2, 0.25) is 0 Å². The number of imidazole rings is 1. The van der Waals surface area contributed by atoms with Crippen molar-refractivity contribution in [2.24, 2.45) is 7.05 Å². The van der Waals surface area contributed by atoms with Crippen LogP contribution in [0.15, 0.2) is 12.4 Å². The Hall–Kier alpha value is -0.580. The molecule has 4 nitrogen and oxygen atoms in total. The summed E-state index contributed by atoms with van der Waals surface area (Å²) in [6, 6.07) is 0.691. The van der Waals surface area contributed by atoms with E-state index in [4.69, 9.17) is 0 Å². The van der Waals surface area contributed by atoms with E-state index in [1.54, 1.807) is 0 Å². The molecule has 0 bridgehead atoms. The van der Waals surface area contributed by atoms with Crippen molar-refractivity contribution < 1.29 is 0 Å². The van der Waals surface area contributed by atoms with Gasteiger partial charge in [-0.05, 0) is 25.9 Å². The zero-order chi connectivity index (χ0) is 11.4. The summed E-state index contributed by atoms with van der Waals surface area (Å²) in [5, 5.41) is 3.44. The maximum absolute atomic E-state index is 4.41. The quantitative estimate of drug-likeness (QED) is 0.867. The molecule has 0 aliphatic carbocycles. The van der Waals surface area contributed by atoms with Gasteiger partial charge in [-0.25, -0.2) is 4.98 Å². The summed E-state index contributed by atoms with van der Waals surface area (Å²) in [6.45, 7) is 6.67. The number of aromatic nitrogens is 2. The fourth-order valence-electron chi connectivity index (χ4n) is 2.36. The molecule has 0 aromatic carbocycles. The van der Waals surface area contributed by atoms with Crippen LogP contribution in [-0.2, 0) is 13.6 Å². The Labute approximate surface area is 110 Å². The van der Waals surface area contributed by atoms with Crippen molar-refractivity contribution in [1.82, 2.24) is 19.8 Å². The molecular formula is C12H23ClN4. The summed E-state index contributed by atoms with van der Waals surface area (Å²) >= 11 is 0. The Kier molecular flexibility index (Phi) is 5.95. The summed E-state index contributed by atoms with van der Waals surface area (Å²) in [5.74, 6) is 1.17. The maximum atomic E-state index is 4.41. The second-order valence-electron chi connectivity index (χ2n) is 4.57. The Balaban J connectivity index is 0.00000144. The SMILES string of the molecule is CCCN(Cc1nccn1C)C1CCNC1.Cl. The highest BCUT2D eigenvalue weighted by molar-refractivity contribution is 5.85. The van der Waals surface area contributed by atoms with Gasteiger partial charge in [0.2, 0.25) is 0 Å². The van der Waals surface area contributed by atoms with E-state index in [1.807, 2.05) is 12.4 Å². The number of hydrogen-bond donors (Lipinski definition) is 1. The van der Waals surface area contributed by atoms with Gasteiger partial charge in [-0.15, -0.1) is 12.4 Å². The van der Waals surface area contributed by atoms with Crippen LogP contribution in [0.3, 0.4) is 0 Å². The Morgan fingerprint density at radius 2 is 2.41 bits per heavy atom. The van der Waals surface area contributed by atoms with E-state index >= 15 is 0 Å². The van der Waals surface area contributed by atoms with Crippen LogP contribution >= 0.6 is 12.4 Å². The van der Waals surface area contributed by atoms with Gasteiger partial charge in [-0.3, -0.25) is 4.90 Å². The topological polar surface area (TPSA) is 33.1 Å². The fraction of sp³-hybridized carbons (Fsp3) is 0.750. The largest absolute Gasteiger partial charge is 0.337 e. The summed E-state index contributed by atoms with van der Waals surface area (Å²) in [6.07, 6.45) is 6.38. The predicted octanol–water partition coefficient (Wildman–Crippen LogP) is 1.42. The first-order valence-electron chi connectivity index (χ1n) is 6.22. The lowest BCUT2D eigenvalue weighted by Gasteiger charge is -2.27. The maximum Gasteiger partial charge on any atom is 0.122 e. The molecule has 17 heavy (non-hydrogen) atoms. The summed E-state index contributed by atoms with van der Waals surface area (Å²) in [4.78, 5) is 6.97. The van der Waals surface area contributed by atoms with Crippen molar-refractivity contribution in [1.29, 1.82) is 0 Å². The van der Waals surface area contributed by atoms with Crippen LogP contribution < -0.4 is 5.32 Å². The molecule has 1 atom stereocenters. The molecule has 1 fully saturated rings. The average molecular weight is 259 g/mol. The van der Waals surface area contributed by atoms with Crippen molar-refractivity contribution in [2.45, 2.75) is 32.4 Å². The number of aryl methyl sites for hydroxylation is 1. The van der Waals surface area contributed by atoms with E-state index in [2.05, 4.69) is 33.7 Å². The van der Waals surface area contributed by atoms with Crippen LogP contribution in [0.4, 0.5) is 0 Å². The molecule has 0 radical (unpaired) electrons. The van der Waals surface area contributed by atoms with Crippen LogP contribution in [0, 0.1) is 0 Å². The van der Waals surface area contributed by atoms with Crippen molar-refractivity contribution in [2.75, 3.05) is 19.6 Å². The fourth-order valence-corrected chi connectivity index (χ4v) is 2.36. The van der Waals surface area contributed by atoms with Gasteiger partial charge < -0.3 is 9.88 Å². The van der Waals surface area contributed by atoms with Gasteiger partial charge in [-0.1, -0.05) is 6.92 Å². The van der Waals surface area contributed by atoms with Gasteiger partial charge in [0.25, 0.3) is 0 Å². The standard InChI is InChI=1S/C12H22N4.ClH/c1-3-7-16(11-4-5-13-9-11)10-12-14-6-8-15(12)2;/h6,8,11,13H,3-5,7,9-10H2,1-2H3;1H. The van der Waals surface area contributed by atoms with Gasteiger partial charge in [-0.2, -0.15) is 0 Å². The Bertz CT molecular complexity index is 320. The minimum atomic E-state index is 0. The van der Waals surface area contributed by atoms with Crippen LogP contribution in [0.25, 0.3) is 0 Å². The minimum Gasteiger partial charge on any atom is -0.337 e. The molecule has 5 heteroatoms. The van der Waals surface area contributed by atoms with Crippen molar-refractivity contribution in [3.8, 4) is 0 Å². The monoisotopic (exact) mass is 258 g/mol. The molecule has 98 valence electrons. The van der Waals surface area contributed by atoms with E-state index < -0.39 is 0 Å². The van der Waals surface area contributed by atoms with E-state index in [0.717, 1.165) is 19.6 Å². The van der Waals surface area contributed by atoms with Crippen LogP contribution in [-0.4, -0.2) is 40.1 Å². The molecule has 1 unspecified atom stereocenters. The van der Waals surface area contributed by atoms with E-state index in [0.29, 0.717) is 6.04 Å². The molecular weight excluding hydrogens is 236 g/mol. The molecule has 2 rings (SSSR count). The van der Waals surface area contributed by atoms with Crippen molar-refractivity contribution in [3.63, 3.8) is 0 Å². The summed E-state index contributed by atoms with van der Waals surface area (Å²) < 4.78 is 2.12. The van der Waals surface area contributed by atoms with E-state index in [-0.39, 0.29) is 12.4 Å². The highest BCUT2D eigenvalue weighted by Gasteiger charge is 2.22. The lowest BCUT2D eigenvalue weighted by atomic mass is 10.2. The second-order valence-corrected chi connectivity index (χ2v) is 4.57. The van der Waals surface area contributed by atoms with Gasteiger partial charge in [0.05, 0.1) is 6.54 Å². The third-order valence-corrected chi connectivity index (χ3v) is 3.33. The average Bonchev–Trinajstić information content (AvgIpc) is 2.90. The molecule has 0 amide bonds. The Morgan fingerprint density at radius 1 is 1.59 bits per heavy atom. The normalized spacial score (nSPS) is 19.6. The summed E-state index contributed by atoms with van der Waals surface area (Å²) in [7, 11) is 2.07. The van der Waals surface area contributed by atoms with E-state index in [1.165, 1.54) is 25.2 Å². The van der Waals surface area contributed by atoms with Gasteiger partial charge >= 0.3 is 0 Å².